The third-order valence-electron chi connectivity index (χ3n) is 25.7. The zero-order valence-corrected chi connectivity index (χ0v) is 87.4. The fourth-order valence-corrected chi connectivity index (χ4v) is 20.3. The standard InChI is InChI=1S/C46H29N5O2.C40H24N4O3.C40H24N4O2S.3Pt/c1-30-28-29-36-35-20-11-24-40(45(35)53-46(36)47-30)52-43-27-13-26-42(49-43)51(32-16-6-3-7-17-32)41-25-12-22-38(48-41)37-21-10-19-34-33-18-8-9-23-39(33)50(44(34)37)31-14-4-2-5-15-31;1-25-23-24-30-29-15-8-19-34(39(29)47-40(30)41-25)45-37-22-10-21-36(43-37)44(26-11-3-2-4-12-26)35-20-9-17-32(42-35)31-16-7-14-28-27-13-5-6-18-33(27)46-38(28)31;1-25-23-24-30-28-14-8-18-33(38(28)46-40(30)41-25)45-37-22-10-21-36(43-37)44(26-11-3-2-4-12-26)35-20-9-17-32(42-35)31-16-7-15-29-27-13-5-6-19-34(27)47-39(29)31;;;/h2-20,22-23,25-29H,1H3;2-15,17-18,20-24H,1H3;2-15,17,19-24H,1H3;;;/q3*-2;3*+2. The molecule has 28 rings (SSSR count). The van der Waals surface area contributed by atoms with Crippen LogP contribution in [0.25, 0.3) is 170 Å². The van der Waals surface area contributed by atoms with E-state index in [1.54, 1.807) is 11.3 Å². The minimum absolute atomic E-state index is 0. The van der Waals surface area contributed by atoms with E-state index in [1.807, 2.05) is 357 Å². The first-order valence-corrected chi connectivity index (χ1v) is 48.6. The van der Waals surface area contributed by atoms with E-state index in [-0.39, 0.29) is 63.2 Å². The minimum Gasteiger partial charge on any atom is -0.501 e. The van der Waals surface area contributed by atoms with Gasteiger partial charge < -0.3 is 36.4 Å². The summed E-state index contributed by atoms with van der Waals surface area (Å²) in [5.74, 6) is 6.48. The summed E-state index contributed by atoms with van der Waals surface area (Å²) in [6, 6.07) is 156. The van der Waals surface area contributed by atoms with Crippen molar-refractivity contribution >= 4 is 193 Å². The second-order valence-corrected chi connectivity index (χ2v) is 36.1. The predicted molar refractivity (Wildman–Crippen MR) is 583 cm³/mol. The van der Waals surface area contributed by atoms with Crippen LogP contribution in [0.3, 0.4) is 0 Å². The first kappa shape index (κ1) is 95.8. The average molecular weight is 2500 g/mol. The van der Waals surface area contributed by atoms with Crippen LogP contribution in [0.4, 0.5) is 52.0 Å². The van der Waals surface area contributed by atoms with Crippen LogP contribution < -0.4 is 28.9 Å². The Morgan fingerprint density at radius 2 is 0.600 bits per heavy atom. The number of aromatic nitrogens is 10. The molecule has 13 aromatic carbocycles. The van der Waals surface area contributed by atoms with Gasteiger partial charge >= 0.3 is 63.2 Å². The summed E-state index contributed by atoms with van der Waals surface area (Å²) in [6.45, 7) is 5.82. The van der Waals surface area contributed by atoms with Crippen molar-refractivity contribution in [1.82, 2.24) is 49.4 Å². The van der Waals surface area contributed by atoms with Crippen LogP contribution in [0, 0.1) is 57.2 Å². The molecule has 0 bridgehead atoms. The number of anilines is 9. The van der Waals surface area contributed by atoms with Crippen molar-refractivity contribution in [3.8, 4) is 74.3 Å². The topological polar surface area (TPSA) is 211 Å². The fraction of sp³-hybridized carbons (Fsp3) is 0.0238. The van der Waals surface area contributed by atoms with Crippen LogP contribution in [0.5, 0.6) is 34.9 Å². The van der Waals surface area contributed by atoms with Crippen molar-refractivity contribution in [3.05, 3.63) is 466 Å². The van der Waals surface area contributed by atoms with E-state index in [9.17, 15) is 0 Å². The SMILES string of the molecule is Cc1ccc2c(n1)oc1c(Oc3cccc(N(c4ccccc4)c4cccc(-c5[c-]ccc6c5oc5ccccc56)n4)n3)[c-]ccc12.Cc1ccc2c(n1)oc1c(Oc3cccc(N(c4ccccc4)c4cccc(-c5[c-]ccc6c5sc5ccccc56)n4)n3)[c-]ccc12.Cc1ccc2c(n1)oc1c(Oc3cccc(N(c4ccccc4)c4cccc(-c5[c-]ccc6c7ccccc7n(-c7ccccc7)c56)n4)n3)[c-]ccc12.[Pt+2].[Pt+2].[Pt+2]. The van der Waals surface area contributed by atoms with Gasteiger partial charge in [0.1, 0.15) is 40.5 Å². The maximum Gasteiger partial charge on any atom is 2.00 e. The third kappa shape index (κ3) is 18.2. The number of hydrogen-bond acceptors (Lipinski definition) is 20. The van der Waals surface area contributed by atoms with Gasteiger partial charge in [0.25, 0.3) is 0 Å². The summed E-state index contributed by atoms with van der Waals surface area (Å²) in [5.41, 5.74) is 18.6. The number of nitrogens with zero attached hydrogens (tertiary/aromatic N) is 13. The van der Waals surface area contributed by atoms with E-state index in [1.165, 1.54) is 25.6 Å². The third-order valence-corrected chi connectivity index (χ3v) is 26.9. The summed E-state index contributed by atoms with van der Waals surface area (Å²) < 4.78 is 48.5. The normalized spacial score (nSPS) is 11.3. The van der Waals surface area contributed by atoms with E-state index < -0.39 is 0 Å². The van der Waals surface area contributed by atoms with Crippen LogP contribution in [-0.2, 0) is 63.2 Å². The number of fused-ring (bicyclic) bond motifs is 18. The average Bonchev–Trinajstić information content (AvgIpc) is 1.57. The number of thiophene rings is 1. The van der Waals surface area contributed by atoms with Crippen molar-refractivity contribution < 1.29 is 95.1 Å². The quantitative estimate of drug-likeness (QED) is 0.0689. The summed E-state index contributed by atoms with van der Waals surface area (Å²) in [7, 11) is 0. The van der Waals surface area contributed by atoms with Crippen LogP contribution in [0.1, 0.15) is 17.1 Å². The molecule has 150 heavy (non-hydrogen) atoms. The molecule has 0 atom stereocenters. The number of hydrogen-bond donors (Lipinski definition) is 0. The Kier molecular flexibility index (Phi) is 26.4. The molecule has 0 amide bonds. The molecule has 0 aliphatic rings. The maximum absolute atomic E-state index is 6.40. The monoisotopic (exact) mass is 2500 g/mol. The van der Waals surface area contributed by atoms with Gasteiger partial charge in [-0.2, -0.15) is 62.7 Å². The molecule has 0 saturated carbocycles. The Morgan fingerprint density at radius 1 is 0.253 bits per heavy atom. The van der Waals surface area contributed by atoms with E-state index in [2.05, 4.69) is 147 Å². The number of ether oxygens (including phenoxy) is 3. The smallest absolute Gasteiger partial charge is 0.501 e. The van der Waals surface area contributed by atoms with Gasteiger partial charge in [-0.25, -0.2) is 15.0 Å². The van der Waals surface area contributed by atoms with Gasteiger partial charge in [-0.15, -0.1) is 83.9 Å². The van der Waals surface area contributed by atoms with Crippen molar-refractivity contribution in [2.75, 3.05) is 14.7 Å². The second-order valence-electron chi connectivity index (χ2n) is 35.0. The number of para-hydroxylation sites is 6. The molecule has 0 saturated heterocycles. The van der Waals surface area contributed by atoms with Crippen molar-refractivity contribution in [3.63, 3.8) is 0 Å². The maximum atomic E-state index is 6.40. The Hall–Kier alpha value is -17.7. The van der Waals surface area contributed by atoms with Gasteiger partial charge in [0.15, 0.2) is 0 Å². The molecule has 28 aromatic rings. The van der Waals surface area contributed by atoms with E-state index >= 15 is 0 Å². The molecule has 24 heteroatoms. The molecule has 15 heterocycles. The Labute approximate surface area is 906 Å². The van der Waals surface area contributed by atoms with Crippen LogP contribution in [0.2, 0.25) is 0 Å². The van der Waals surface area contributed by atoms with Crippen molar-refractivity contribution in [2.45, 2.75) is 20.8 Å². The van der Waals surface area contributed by atoms with Crippen LogP contribution in [0.15, 0.2) is 430 Å². The molecular weight excluding hydrogens is 2420 g/mol. The van der Waals surface area contributed by atoms with E-state index in [0.29, 0.717) is 97.9 Å². The van der Waals surface area contributed by atoms with Gasteiger partial charge in [-0.3, -0.25) is 29.7 Å². The molecule has 0 unspecified atom stereocenters. The van der Waals surface area contributed by atoms with Crippen LogP contribution >= 0.6 is 11.3 Å². The molecule has 0 fully saturated rings. The number of aryl methyl sites for hydroxylation is 3. The summed E-state index contributed by atoms with van der Waals surface area (Å²) in [5, 5.41) is 12.3. The molecule has 0 aliphatic carbocycles. The summed E-state index contributed by atoms with van der Waals surface area (Å²) in [4.78, 5) is 50.3. The molecule has 0 aliphatic heterocycles. The fourth-order valence-electron chi connectivity index (χ4n) is 19.1. The Morgan fingerprint density at radius 3 is 1.06 bits per heavy atom. The molecule has 15 aromatic heterocycles. The number of furan rings is 4. The number of rotatable bonds is 19. The summed E-state index contributed by atoms with van der Waals surface area (Å²) in [6.07, 6.45) is 0. The molecule has 0 N–H and O–H groups in total. The van der Waals surface area contributed by atoms with E-state index in [4.69, 9.17) is 61.8 Å². The van der Waals surface area contributed by atoms with E-state index in [0.717, 1.165) is 150 Å². The van der Waals surface area contributed by atoms with Gasteiger partial charge in [-0.05, 0) is 198 Å². The number of benzene rings is 13. The van der Waals surface area contributed by atoms with Crippen LogP contribution in [-0.4, -0.2) is 49.4 Å². The zero-order chi connectivity index (χ0) is 97.9. The van der Waals surface area contributed by atoms with Crippen molar-refractivity contribution in [2.24, 2.45) is 0 Å². The zero-order valence-electron chi connectivity index (χ0n) is 79.8. The summed E-state index contributed by atoms with van der Waals surface area (Å²) >= 11 is 1.77. The Balaban J connectivity index is 0.000000122. The predicted octanol–water partition coefficient (Wildman–Crippen LogP) is 33.2. The van der Waals surface area contributed by atoms with Gasteiger partial charge in [0, 0.05) is 89.8 Å². The first-order valence-electron chi connectivity index (χ1n) is 47.8. The molecule has 20 nitrogen and oxygen atoms in total. The van der Waals surface area contributed by atoms with Gasteiger partial charge in [0.2, 0.25) is 34.8 Å². The molecule has 0 spiro atoms. The molecule has 0 radical (unpaired) electrons. The molecule has 724 valence electrons. The first-order chi connectivity index (χ1) is 72.6. The minimum atomic E-state index is 0. The second kappa shape index (κ2) is 41.3. The van der Waals surface area contributed by atoms with Crippen molar-refractivity contribution in [1.29, 1.82) is 0 Å². The van der Waals surface area contributed by atoms with Gasteiger partial charge in [-0.1, -0.05) is 220 Å². The number of pyridine rings is 9. The van der Waals surface area contributed by atoms with Gasteiger partial charge in [0.05, 0.1) is 39.6 Å². The molecular formula is C126H77N13O7Pt3S. The Bertz CT molecular complexity index is 9580. The largest absolute Gasteiger partial charge is 2.00 e.